The van der Waals surface area contributed by atoms with E-state index in [4.69, 9.17) is 9.15 Å². The predicted octanol–water partition coefficient (Wildman–Crippen LogP) is 2.88. The van der Waals surface area contributed by atoms with E-state index in [1.807, 2.05) is 37.3 Å². The summed E-state index contributed by atoms with van der Waals surface area (Å²) in [7, 11) is 0. The van der Waals surface area contributed by atoms with Crippen molar-refractivity contribution < 1.29 is 14.3 Å². The molecule has 1 atom stereocenters. The fourth-order valence-electron chi connectivity index (χ4n) is 1.74. The average Bonchev–Trinajstić information content (AvgIpc) is 2.84. The Morgan fingerprint density at radius 3 is 2.85 bits per heavy atom. The van der Waals surface area contributed by atoms with E-state index in [1.54, 1.807) is 6.26 Å². The molecule has 0 radical (unpaired) electrons. The van der Waals surface area contributed by atoms with Crippen molar-refractivity contribution >= 4 is 15.9 Å². The zero-order chi connectivity index (χ0) is 14.4. The number of aliphatic hydroxyl groups excluding tert-OH is 1. The van der Waals surface area contributed by atoms with Gasteiger partial charge >= 0.3 is 0 Å². The van der Waals surface area contributed by atoms with Gasteiger partial charge in [-0.05, 0) is 46.6 Å². The molecule has 0 fully saturated rings. The number of nitrogens with one attached hydrogen (secondary N) is 1. The van der Waals surface area contributed by atoms with Crippen molar-refractivity contribution in [3.63, 3.8) is 0 Å². The van der Waals surface area contributed by atoms with Gasteiger partial charge < -0.3 is 19.6 Å². The van der Waals surface area contributed by atoms with Gasteiger partial charge in [0.05, 0.1) is 17.3 Å². The first-order valence-corrected chi connectivity index (χ1v) is 7.25. The number of aliphatic hydroxyl groups is 1. The Hall–Kier alpha value is -1.30. The maximum Gasteiger partial charge on any atom is 0.133 e. The second-order valence-corrected chi connectivity index (χ2v) is 5.41. The number of rotatable bonds is 7. The smallest absolute Gasteiger partial charge is 0.133 e. The highest BCUT2D eigenvalue weighted by Crippen LogP contribution is 2.23. The van der Waals surface area contributed by atoms with Crippen LogP contribution in [0.25, 0.3) is 0 Å². The van der Waals surface area contributed by atoms with Gasteiger partial charge in [-0.15, -0.1) is 0 Å². The van der Waals surface area contributed by atoms with Crippen LogP contribution in [-0.2, 0) is 6.54 Å². The molecule has 0 amide bonds. The fourth-order valence-corrected chi connectivity index (χ4v) is 2.14. The molecule has 1 aromatic heterocycles. The third-order valence-corrected chi connectivity index (χ3v) is 3.56. The predicted molar refractivity (Wildman–Crippen MR) is 80.8 cm³/mol. The summed E-state index contributed by atoms with van der Waals surface area (Å²) in [5, 5.41) is 13.0. The van der Waals surface area contributed by atoms with E-state index in [0.717, 1.165) is 21.5 Å². The number of hydrogen-bond acceptors (Lipinski definition) is 4. The zero-order valence-electron chi connectivity index (χ0n) is 11.3. The van der Waals surface area contributed by atoms with Crippen LogP contribution in [0.1, 0.15) is 11.3 Å². The van der Waals surface area contributed by atoms with Crippen molar-refractivity contribution in [3.8, 4) is 5.75 Å². The van der Waals surface area contributed by atoms with E-state index in [-0.39, 0.29) is 6.61 Å². The zero-order valence-corrected chi connectivity index (χ0v) is 12.9. The van der Waals surface area contributed by atoms with Crippen LogP contribution >= 0.6 is 15.9 Å². The third kappa shape index (κ3) is 4.37. The lowest BCUT2D eigenvalue weighted by atomic mass is 10.3. The Bertz CT molecular complexity index is 541. The lowest BCUT2D eigenvalue weighted by Gasteiger charge is -2.13. The Labute approximate surface area is 126 Å². The maximum absolute atomic E-state index is 9.87. The Kier molecular flexibility index (Phi) is 5.64. The van der Waals surface area contributed by atoms with Crippen LogP contribution in [0.15, 0.2) is 45.5 Å². The minimum Gasteiger partial charge on any atom is -0.490 e. The maximum atomic E-state index is 9.87. The lowest BCUT2D eigenvalue weighted by molar-refractivity contribution is 0.105. The van der Waals surface area contributed by atoms with Crippen LogP contribution in [0, 0.1) is 6.92 Å². The molecule has 20 heavy (non-hydrogen) atoms. The van der Waals surface area contributed by atoms with Gasteiger partial charge in [0.25, 0.3) is 0 Å². The Balaban J connectivity index is 1.69. The van der Waals surface area contributed by atoms with Gasteiger partial charge in [-0.1, -0.05) is 12.1 Å². The molecule has 2 N–H and O–H groups in total. The summed E-state index contributed by atoms with van der Waals surface area (Å²) in [6, 6.07) is 9.49. The van der Waals surface area contributed by atoms with Gasteiger partial charge in [0.2, 0.25) is 0 Å². The van der Waals surface area contributed by atoms with E-state index in [0.29, 0.717) is 13.1 Å². The van der Waals surface area contributed by atoms with Gasteiger partial charge in [0.15, 0.2) is 0 Å². The summed E-state index contributed by atoms with van der Waals surface area (Å²) in [6.45, 7) is 3.29. The molecule has 0 aliphatic heterocycles. The first-order valence-electron chi connectivity index (χ1n) is 6.46. The van der Waals surface area contributed by atoms with E-state index >= 15 is 0 Å². The highest BCUT2D eigenvalue weighted by atomic mass is 79.9. The quantitative estimate of drug-likeness (QED) is 0.814. The van der Waals surface area contributed by atoms with Crippen molar-refractivity contribution in [3.05, 3.63) is 52.4 Å². The van der Waals surface area contributed by atoms with Crippen molar-refractivity contribution in [2.75, 3.05) is 13.2 Å². The summed E-state index contributed by atoms with van der Waals surface area (Å²) in [5.41, 5.74) is 1.11. The summed E-state index contributed by atoms with van der Waals surface area (Å²) in [6.07, 6.45) is 1.09. The molecule has 4 nitrogen and oxygen atoms in total. The van der Waals surface area contributed by atoms with Crippen molar-refractivity contribution in [2.45, 2.75) is 19.6 Å². The monoisotopic (exact) mass is 339 g/mol. The molecular weight excluding hydrogens is 322 g/mol. The minimum atomic E-state index is -0.572. The minimum absolute atomic E-state index is 0.243. The fraction of sp³-hybridized carbons (Fsp3) is 0.333. The van der Waals surface area contributed by atoms with E-state index in [2.05, 4.69) is 21.2 Å². The van der Waals surface area contributed by atoms with Gasteiger partial charge in [0, 0.05) is 6.54 Å². The summed E-state index contributed by atoms with van der Waals surface area (Å²) >= 11 is 3.40. The van der Waals surface area contributed by atoms with Crippen LogP contribution < -0.4 is 10.1 Å². The van der Waals surface area contributed by atoms with Crippen LogP contribution in [0.4, 0.5) is 0 Å². The highest BCUT2D eigenvalue weighted by molar-refractivity contribution is 9.10. The average molecular weight is 340 g/mol. The number of furan rings is 1. The number of benzene rings is 1. The van der Waals surface area contributed by atoms with Crippen molar-refractivity contribution in [2.24, 2.45) is 0 Å². The number of aryl methyl sites for hydroxylation is 1. The molecule has 0 aliphatic rings. The SMILES string of the molecule is Cc1ccoc1CNCC(O)COc1ccccc1Br. The summed E-state index contributed by atoms with van der Waals surface area (Å²) in [5.74, 6) is 1.62. The molecule has 2 aromatic rings. The first-order chi connectivity index (χ1) is 9.66. The molecule has 108 valence electrons. The van der Waals surface area contributed by atoms with Gasteiger partial charge in [-0.3, -0.25) is 0 Å². The Morgan fingerprint density at radius 1 is 1.35 bits per heavy atom. The standard InChI is InChI=1S/C15H18BrNO3/c1-11-6-7-19-15(11)9-17-8-12(18)10-20-14-5-3-2-4-13(14)16/h2-7,12,17-18H,8-10H2,1H3. The molecule has 1 aromatic carbocycles. The Morgan fingerprint density at radius 2 is 2.15 bits per heavy atom. The van der Waals surface area contributed by atoms with Gasteiger partial charge in [-0.2, -0.15) is 0 Å². The lowest BCUT2D eigenvalue weighted by Crippen LogP contribution is -2.31. The largest absolute Gasteiger partial charge is 0.490 e. The number of ether oxygens (including phenoxy) is 1. The third-order valence-electron chi connectivity index (χ3n) is 2.90. The van der Waals surface area contributed by atoms with Crippen LogP contribution in [0.5, 0.6) is 5.75 Å². The summed E-state index contributed by atoms with van der Waals surface area (Å²) < 4.78 is 11.7. The molecule has 1 heterocycles. The molecule has 5 heteroatoms. The topological polar surface area (TPSA) is 54.6 Å². The number of halogens is 1. The molecule has 0 saturated heterocycles. The molecule has 0 saturated carbocycles. The van der Waals surface area contributed by atoms with Crippen molar-refractivity contribution in [1.82, 2.24) is 5.32 Å². The van der Waals surface area contributed by atoms with Crippen LogP contribution in [0.3, 0.4) is 0 Å². The van der Waals surface area contributed by atoms with Crippen molar-refractivity contribution in [1.29, 1.82) is 0 Å². The second-order valence-electron chi connectivity index (χ2n) is 4.55. The van der Waals surface area contributed by atoms with Gasteiger partial charge in [0.1, 0.15) is 24.2 Å². The molecule has 2 rings (SSSR count). The number of para-hydroxylation sites is 1. The summed E-state index contributed by atoms with van der Waals surface area (Å²) in [4.78, 5) is 0. The first kappa shape index (κ1) is 15.1. The second kappa shape index (κ2) is 7.47. The molecular formula is C15H18BrNO3. The van der Waals surface area contributed by atoms with E-state index < -0.39 is 6.10 Å². The normalized spacial score (nSPS) is 12.3. The highest BCUT2D eigenvalue weighted by Gasteiger charge is 2.08. The van der Waals surface area contributed by atoms with Gasteiger partial charge in [-0.25, -0.2) is 0 Å². The molecule has 0 bridgehead atoms. The molecule has 1 unspecified atom stereocenters. The van der Waals surface area contributed by atoms with E-state index in [1.165, 1.54) is 0 Å². The molecule has 0 spiro atoms. The number of hydrogen-bond donors (Lipinski definition) is 2. The van der Waals surface area contributed by atoms with E-state index in [9.17, 15) is 5.11 Å². The van der Waals surface area contributed by atoms with Crippen LogP contribution in [0.2, 0.25) is 0 Å². The van der Waals surface area contributed by atoms with Crippen LogP contribution in [-0.4, -0.2) is 24.4 Å². The molecule has 0 aliphatic carbocycles.